The molecule has 1 N–H and O–H groups in total. The molecule has 1 aromatic heterocycles. The molecule has 4 rings (SSSR count). The number of ether oxygens (including phenoxy) is 1. The second kappa shape index (κ2) is 8.00. The summed E-state index contributed by atoms with van der Waals surface area (Å²) in [6, 6.07) is 20.8. The molecule has 0 bridgehead atoms. The first-order valence-corrected chi connectivity index (χ1v) is 9.93. The van der Waals surface area contributed by atoms with E-state index in [1.54, 1.807) is 35.6 Å². The molecule has 0 radical (unpaired) electrons. The van der Waals surface area contributed by atoms with Gasteiger partial charge in [-0.1, -0.05) is 35.9 Å². The van der Waals surface area contributed by atoms with Crippen LogP contribution in [0.15, 0.2) is 66.7 Å². The minimum Gasteiger partial charge on any atom is -0.484 e. The minimum atomic E-state index is -0.223. The lowest BCUT2D eigenvalue weighted by molar-refractivity contribution is -0.118. The van der Waals surface area contributed by atoms with Crippen LogP contribution in [0.4, 0.5) is 5.69 Å². The van der Waals surface area contributed by atoms with Crippen LogP contribution in [0, 0.1) is 6.92 Å². The monoisotopic (exact) mass is 408 g/mol. The Morgan fingerprint density at radius 3 is 2.64 bits per heavy atom. The van der Waals surface area contributed by atoms with Crippen LogP contribution in [0.5, 0.6) is 5.75 Å². The van der Waals surface area contributed by atoms with Crippen molar-refractivity contribution in [3.05, 3.63) is 77.3 Å². The van der Waals surface area contributed by atoms with Crippen LogP contribution in [0.25, 0.3) is 20.8 Å². The Morgan fingerprint density at radius 1 is 1.07 bits per heavy atom. The summed E-state index contributed by atoms with van der Waals surface area (Å²) in [4.78, 5) is 17.0. The molecule has 0 fully saturated rings. The number of carbonyl (C=O) groups excluding carboxylic acids is 1. The number of hydrogen-bond donors (Lipinski definition) is 1. The molecule has 0 saturated heterocycles. The Balaban J connectivity index is 1.50. The van der Waals surface area contributed by atoms with E-state index in [4.69, 9.17) is 21.3 Å². The molecule has 140 valence electrons. The SMILES string of the molecule is Cc1c(NC(=O)COc2ccc(Cl)cc2)cccc1-c1nc2ccccc2s1. The van der Waals surface area contributed by atoms with Crippen molar-refractivity contribution in [3.8, 4) is 16.3 Å². The van der Waals surface area contributed by atoms with Gasteiger partial charge in [0.1, 0.15) is 10.8 Å². The predicted molar refractivity (Wildman–Crippen MR) is 115 cm³/mol. The van der Waals surface area contributed by atoms with Gasteiger partial charge in [0, 0.05) is 16.3 Å². The van der Waals surface area contributed by atoms with Gasteiger partial charge in [-0.05, 0) is 55.0 Å². The highest BCUT2D eigenvalue weighted by atomic mass is 35.5. The average molecular weight is 409 g/mol. The summed E-state index contributed by atoms with van der Waals surface area (Å²) in [5.41, 5.74) is 3.72. The summed E-state index contributed by atoms with van der Waals surface area (Å²) in [5.74, 6) is 0.374. The van der Waals surface area contributed by atoms with E-state index in [2.05, 4.69) is 11.4 Å². The van der Waals surface area contributed by atoms with Crippen LogP contribution >= 0.6 is 22.9 Å². The number of halogens is 1. The van der Waals surface area contributed by atoms with Gasteiger partial charge in [0.15, 0.2) is 6.61 Å². The number of fused-ring (bicyclic) bond motifs is 1. The maximum atomic E-state index is 12.3. The lowest BCUT2D eigenvalue weighted by Crippen LogP contribution is -2.20. The summed E-state index contributed by atoms with van der Waals surface area (Å²) in [7, 11) is 0. The van der Waals surface area contributed by atoms with Crippen molar-refractivity contribution >= 4 is 44.7 Å². The fraction of sp³-hybridized carbons (Fsp3) is 0.0909. The third kappa shape index (κ3) is 4.01. The van der Waals surface area contributed by atoms with Gasteiger partial charge in [-0.2, -0.15) is 0 Å². The molecule has 4 aromatic rings. The fourth-order valence-electron chi connectivity index (χ4n) is 2.86. The number of rotatable bonds is 5. The number of carbonyl (C=O) groups is 1. The van der Waals surface area contributed by atoms with E-state index >= 15 is 0 Å². The van der Waals surface area contributed by atoms with Crippen molar-refractivity contribution < 1.29 is 9.53 Å². The van der Waals surface area contributed by atoms with Gasteiger partial charge < -0.3 is 10.1 Å². The molecule has 1 amide bonds. The maximum absolute atomic E-state index is 12.3. The number of amides is 1. The third-order valence-electron chi connectivity index (χ3n) is 4.32. The molecular weight excluding hydrogens is 392 g/mol. The number of nitrogens with one attached hydrogen (secondary N) is 1. The number of anilines is 1. The van der Waals surface area contributed by atoms with Crippen molar-refractivity contribution in [2.75, 3.05) is 11.9 Å². The van der Waals surface area contributed by atoms with E-state index in [9.17, 15) is 4.79 Å². The Hall–Kier alpha value is -2.89. The van der Waals surface area contributed by atoms with Crippen LogP contribution in [0.1, 0.15) is 5.56 Å². The Kier molecular flexibility index (Phi) is 5.28. The van der Waals surface area contributed by atoms with Gasteiger partial charge in [-0.3, -0.25) is 4.79 Å². The fourth-order valence-corrected chi connectivity index (χ4v) is 4.03. The quantitative estimate of drug-likeness (QED) is 0.444. The highest BCUT2D eigenvalue weighted by Gasteiger charge is 2.13. The van der Waals surface area contributed by atoms with E-state index in [0.29, 0.717) is 10.8 Å². The molecule has 3 aromatic carbocycles. The topological polar surface area (TPSA) is 51.2 Å². The number of para-hydroxylation sites is 1. The molecular formula is C22H17ClN2O2S. The number of nitrogens with zero attached hydrogens (tertiary/aromatic N) is 1. The maximum Gasteiger partial charge on any atom is 0.262 e. The third-order valence-corrected chi connectivity index (χ3v) is 5.64. The van der Waals surface area contributed by atoms with Gasteiger partial charge in [0.05, 0.1) is 10.2 Å². The van der Waals surface area contributed by atoms with Crippen LogP contribution in [0.3, 0.4) is 0 Å². The average Bonchev–Trinajstić information content (AvgIpc) is 3.13. The molecule has 0 aliphatic rings. The highest BCUT2D eigenvalue weighted by Crippen LogP contribution is 2.34. The molecule has 0 atom stereocenters. The first-order valence-electron chi connectivity index (χ1n) is 8.74. The lowest BCUT2D eigenvalue weighted by Gasteiger charge is -2.12. The predicted octanol–water partition coefficient (Wildman–Crippen LogP) is 5.94. The smallest absolute Gasteiger partial charge is 0.262 e. The zero-order chi connectivity index (χ0) is 19.5. The van der Waals surface area contributed by atoms with Crippen LogP contribution in [0.2, 0.25) is 5.02 Å². The van der Waals surface area contributed by atoms with E-state index in [1.165, 1.54) is 0 Å². The number of thiazole rings is 1. The summed E-state index contributed by atoms with van der Waals surface area (Å²) in [6.45, 7) is 1.91. The molecule has 1 heterocycles. The molecule has 0 saturated carbocycles. The van der Waals surface area contributed by atoms with Gasteiger partial charge in [0.2, 0.25) is 0 Å². The Bertz CT molecular complexity index is 1110. The standard InChI is InChI=1S/C22H17ClN2O2S/c1-14-17(22-25-19-6-2-3-8-20(19)28-22)5-4-7-18(14)24-21(26)13-27-16-11-9-15(23)10-12-16/h2-12H,13H2,1H3,(H,24,26). The second-order valence-electron chi connectivity index (χ2n) is 6.26. The summed E-state index contributed by atoms with van der Waals surface area (Å²) >= 11 is 7.49. The molecule has 0 unspecified atom stereocenters. The van der Waals surface area contributed by atoms with Gasteiger partial charge in [-0.15, -0.1) is 11.3 Å². The van der Waals surface area contributed by atoms with Crippen molar-refractivity contribution in [2.45, 2.75) is 6.92 Å². The van der Waals surface area contributed by atoms with E-state index in [1.807, 2.05) is 43.3 Å². The van der Waals surface area contributed by atoms with E-state index in [0.717, 1.165) is 32.0 Å². The van der Waals surface area contributed by atoms with Crippen molar-refractivity contribution in [3.63, 3.8) is 0 Å². The largest absolute Gasteiger partial charge is 0.484 e. The van der Waals surface area contributed by atoms with Crippen LogP contribution in [-0.2, 0) is 4.79 Å². The first kappa shape index (κ1) is 18.5. The molecule has 0 spiro atoms. The summed E-state index contributed by atoms with van der Waals surface area (Å²) < 4.78 is 6.65. The van der Waals surface area contributed by atoms with Crippen molar-refractivity contribution in [1.82, 2.24) is 4.98 Å². The van der Waals surface area contributed by atoms with Crippen LogP contribution < -0.4 is 10.1 Å². The zero-order valence-corrected chi connectivity index (χ0v) is 16.7. The van der Waals surface area contributed by atoms with E-state index < -0.39 is 0 Å². The Morgan fingerprint density at radius 2 is 1.86 bits per heavy atom. The highest BCUT2D eigenvalue weighted by molar-refractivity contribution is 7.21. The first-order chi connectivity index (χ1) is 13.6. The van der Waals surface area contributed by atoms with E-state index in [-0.39, 0.29) is 12.5 Å². The molecule has 4 nitrogen and oxygen atoms in total. The van der Waals surface area contributed by atoms with Gasteiger partial charge in [0.25, 0.3) is 5.91 Å². The molecule has 28 heavy (non-hydrogen) atoms. The summed E-state index contributed by atoms with van der Waals surface area (Å²) in [5, 5.41) is 4.48. The second-order valence-corrected chi connectivity index (χ2v) is 7.72. The molecule has 0 aliphatic carbocycles. The van der Waals surface area contributed by atoms with Crippen molar-refractivity contribution in [2.24, 2.45) is 0 Å². The lowest BCUT2D eigenvalue weighted by atomic mass is 10.1. The van der Waals surface area contributed by atoms with Gasteiger partial charge in [-0.25, -0.2) is 4.98 Å². The molecule has 6 heteroatoms. The summed E-state index contributed by atoms with van der Waals surface area (Å²) in [6.07, 6.45) is 0. The minimum absolute atomic E-state index is 0.0769. The number of benzene rings is 3. The number of hydrogen-bond acceptors (Lipinski definition) is 4. The normalized spacial score (nSPS) is 10.8. The zero-order valence-electron chi connectivity index (χ0n) is 15.1. The van der Waals surface area contributed by atoms with Crippen molar-refractivity contribution in [1.29, 1.82) is 0 Å². The molecule has 0 aliphatic heterocycles. The Labute approximate surface area is 171 Å². The van der Waals surface area contributed by atoms with Gasteiger partial charge >= 0.3 is 0 Å². The van der Waals surface area contributed by atoms with Crippen LogP contribution in [-0.4, -0.2) is 17.5 Å². The number of aromatic nitrogens is 1.